The predicted octanol–water partition coefficient (Wildman–Crippen LogP) is 5.03. The summed E-state index contributed by atoms with van der Waals surface area (Å²) in [6.07, 6.45) is 1.48. The number of hydrogen-bond donors (Lipinski definition) is 1. The molecule has 0 aliphatic carbocycles. The SMILES string of the molecule is Cc1ccc(S(=O)(=O)N(CC(=O)N/N=C\c2ccc(OCC(C)C)cc2)c2ccc(Cl)cc2)cc1. The Balaban J connectivity index is 1.72. The molecule has 0 atom stereocenters. The number of aryl methyl sites for hydroxylation is 1. The molecule has 3 aromatic carbocycles. The van der Waals surface area contributed by atoms with E-state index in [-0.39, 0.29) is 4.90 Å². The van der Waals surface area contributed by atoms with E-state index < -0.39 is 22.5 Å². The normalized spacial score (nSPS) is 11.6. The number of rotatable bonds is 10. The van der Waals surface area contributed by atoms with Gasteiger partial charge in [0, 0.05) is 5.02 Å². The highest BCUT2D eigenvalue weighted by atomic mass is 35.5. The van der Waals surface area contributed by atoms with Gasteiger partial charge in [-0.05, 0) is 79.1 Å². The lowest BCUT2D eigenvalue weighted by molar-refractivity contribution is -0.119. The third kappa shape index (κ3) is 7.56. The van der Waals surface area contributed by atoms with Crippen LogP contribution in [0.25, 0.3) is 0 Å². The van der Waals surface area contributed by atoms with Gasteiger partial charge in [-0.2, -0.15) is 5.10 Å². The van der Waals surface area contributed by atoms with Crippen LogP contribution in [0.15, 0.2) is 82.8 Å². The van der Waals surface area contributed by atoms with Gasteiger partial charge >= 0.3 is 0 Å². The molecule has 0 bridgehead atoms. The van der Waals surface area contributed by atoms with Crippen molar-refractivity contribution in [2.75, 3.05) is 17.5 Å². The Hall–Kier alpha value is -3.36. The minimum atomic E-state index is -4.01. The fourth-order valence-electron chi connectivity index (χ4n) is 3.02. The molecule has 0 radical (unpaired) electrons. The summed E-state index contributed by atoms with van der Waals surface area (Å²) in [6, 6.07) is 19.9. The number of ether oxygens (including phenoxy) is 1. The number of hydrazone groups is 1. The zero-order valence-corrected chi connectivity index (χ0v) is 21.4. The van der Waals surface area contributed by atoms with Crippen molar-refractivity contribution in [1.82, 2.24) is 5.43 Å². The van der Waals surface area contributed by atoms with Gasteiger partial charge in [-0.15, -0.1) is 0 Å². The van der Waals surface area contributed by atoms with Gasteiger partial charge in [-0.3, -0.25) is 9.10 Å². The van der Waals surface area contributed by atoms with Gasteiger partial charge in [0.05, 0.1) is 23.4 Å². The summed E-state index contributed by atoms with van der Waals surface area (Å²) in [5, 5.41) is 4.42. The molecule has 0 aliphatic rings. The Morgan fingerprint density at radius 1 is 1.03 bits per heavy atom. The summed E-state index contributed by atoms with van der Waals surface area (Å²) < 4.78 is 33.4. The zero-order chi connectivity index (χ0) is 25.4. The average Bonchev–Trinajstić information content (AvgIpc) is 2.83. The van der Waals surface area contributed by atoms with E-state index in [9.17, 15) is 13.2 Å². The van der Waals surface area contributed by atoms with E-state index >= 15 is 0 Å². The fourth-order valence-corrected chi connectivity index (χ4v) is 4.56. The third-order valence-corrected chi connectivity index (χ3v) is 6.92. The van der Waals surface area contributed by atoms with Gasteiger partial charge in [0.1, 0.15) is 12.3 Å². The Morgan fingerprint density at radius 3 is 2.26 bits per heavy atom. The summed E-state index contributed by atoms with van der Waals surface area (Å²) >= 11 is 5.96. The number of hydrogen-bond acceptors (Lipinski definition) is 5. The van der Waals surface area contributed by atoms with Crippen molar-refractivity contribution in [2.24, 2.45) is 11.0 Å². The molecule has 7 nitrogen and oxygen atoms in total. The lowest BCUT2D eigenvalue weighted by Gasteiger charge is -2.23. The summed E-state index contributed by atoms with van der Waals surface area (Å²) in [5.74, 6) is 0.581. The molecule has 0 saturated carbocycles. The van der Waals surface area contributed by atoms with Gasteiger partial charge in [0.2, 0.25) is 0 Å². The van der Waals surface area contributed by atoms with Gasteiger partial charge in [0.15, 0.2) is 0 Å². The monoisotopic (exact) mass is 513 g/mol. The van der Waals surface area contributed by atoms with E-state index in [0.29, 0.717) is 23.2 Å². The van der Waals surface area contributed by atoms with Crippen molar-refractivity contribution in [2.45, 2.75) is 25.7 Å². The van der Waals surface area contributed by atoms with Crippen molar-refractivity contribution in [1.29, 1.82) is 0 Å². The number of amides is 1. The van der Waals surface area contributed by atoms with Gasteiger partial charge < -0.3 is 4.74 Å². The summed E-state index contributed by atoms with van der Waals surface area (Å²) in [7, 11) is -4.01. The van der Waals surface area contributed by atoms with E-state index in [2.05, 4.69) is 24.4 Å². The number of nitrogens with zero attached hydrogens (tertiary/aromatic N) is 2. The topological polar surface area (TPSA) is 88.1 Å². The minimum absolute atomic E-state index is 0.0779. The molecule has 0 unspecified atom stereocenters. The molecule has 3 aromatic rings. The van der Waals surface area contributed by atoms with Crippen LogP contribution in [0.3, 0.4) is 0 Å². The van der Waals surface area contributed by atoms with E-state index in [4.69, 9.17) is 16.3 Å². The second-order valence-electron chi connectivity index (χ2n) is 8.37. The van der Waals surface area contributed by atoms with Gasteiger partial charge in [-0.25, -0.2) is 13.8 Å². The molecule has 0 aromatic heterocycles. The second kappa shape index (κ2) is 11.9. The van der Waals surface area contributed by atoms with E-state index in [1.807, 2.05) is 31.2 Å². The molecule has 1 amide bonds. The first-order valence-corrected chi connectivity index (χ1v) is 12.9. The molecule has 9 heteroatoms. The van der Waals surface area contributed by atoms with Crippen LogP contribution in [0.2, 0.25) is 5.02 Å². The lowest BCUT2D eigenvalue weighted by atomic mass is 10.2. The number of carbonyl (C=O) groups excluding carboxylic acids is 1. The van der Waals surface area contributed by atoms with E-state index in [1.54, 1.807) is 36.4 Å². The highest BCUT2D eigenvalue weighted by molar-refractivity contribution is 7.92. The number of anilines is 1. The van der Waals surface area contributed by atoms with Crippen LogP contribution >= 0.6 is 11.6 Å². The maximum Gasteiger partial charge on any atom is 0.264 e. The minimum Gasteiger partial charge on any atom is -0.493 e. The molecule has 1 N–H and O–H groups in total. The first kappa shape index (κ1) is 26.2. The lowest BCUT2D eigenvalue weighted by Crippen LogP contribution is -2.39. The Bertz CT molecular complexity index is 1260. The van der Waals surface area contributed by atoms with Crippen LogP contribution < -0.4 is 14.5 Å². The molecule has 184 valence electrons. The molecule has 0 aliphatic heterocycles. The maximum atomic E-state index is 13.3. The maximum absolute atomic E-state index is 13.3. The molecule has 35 heavy (non-hydrogen) atoms. The van der Waals surface area contributed by atoms with Gasteiger partial charge in [-0.1, -0.05) is 43.1 Å². The Labute approximate surface area is 211 Å². The summed E-state index contributed by atoms with van der Waals surface area (Å²) in [4.78, 5) is 12.7. The highest BCUT2D eigenvalue weighted by Gasteiger charge is 2.27. The van der Waals surface area contributed by atoms with Crippen molar-refractivity contribution in [3.05, 3.63) is 88.9 Å². The first-order chi connectivity index (χ1) is 16.6. The molecular weight excluding hydrogens is 486 g/mol. The van der Waals surface area contributed by atoms with Crippen molar-refractivity contribution < 1.29 is 17.9 Å². The van der Waals surface area contributed by atoms with Crippen LogP contribution in [-0.2, 0) is 14.8 Å². The molecule has 3 rings (SSSR count). The van der Waals surface area contributed by atoms with Crippen molar-refractivity contribution in [3.8, 4) is 5.75 Å². The van der Waals surface area contributed by atoms with Crippen LogP contribution in [0, 0.1) is 12.8 Å². The van der Waals surface area contributed by atoms with E-state index in [0.717, 1.165) is 21.2 Å². The van der Waals surface area contributed by atoms with Crippen molar-refractivity contribution >= 4 is 39.4 Å². The molecule has 0 heterocycles. The van der Waals surface area contributed by atoms with Crippen LogP contribution in [0.4, 0.5) is 5.69 Å². The number of sulfonamides is 1. The quantitative estimate of drug-likeness (QED) is 0.304. The standard InChI is InChI=1S/C26H28ClN3O4S/c1-19(2)18-34-24-12-6-21(7-13-24)16-28-29-26(31)17-30(23-10-8-22(27)9-11-23)35(32,33)25-14-4-20(3)5-15-25/h4-16,19H,17-18H2,1-3H3,(H,29,31)/b28-16-. The van der Waals surface area contributed by atoms with Gasteiger partial charge in [0.25, 0.3) is 15.9 Å². The molecular formula is C26H28ClN3O4S. The van der Waals surface area contributed by atoms with E-state index in [1.165, 1.54) is 18.3 Å². The number of benzene rings is 3. The number of halogens is 1. The largest absolute Gasteiger partial charge is 0.493 e. The Morgan fingerprint density at radius 2 is 1.66 bits per heavy atom. The predicted molar refractivity (Wildman–Crippen MR) is 140 cm³/mol. The first-order valence-electron chi connectivity index (χ1n) is 11.0. The number of carbonyl (C=O) groups is 1. The zero-order valence-electron chi connectivity index (χ0n) is 19.8. The second-order valence-corrected chi connectivity index (χ2v) is 10.7. The molecule has 0 saturated heterocycles. The van der Waals surface area contributed by atoms with Crippen LogP contribution in [0.1, 0.15) is 25.0 Å². The molecule has 0 fully saturated rings. The Kier molecular flexibility index (Phi) is 8.89. The average molecular weight is 514 g/mol. The van der Waals surface area contributed by atoms with Crippen LogP contribution in [0.5, 0.6) is 5.75 Å². The number of nitrogens with one attached hydrogen (secondary N) is 1. The fraction of sp³-hybridized carbons (Fsp3) is 0.231. The molecule has 0 spiro atoms. The summed E-state index contributed by atoms with van der Waals surface area (Å²) in [5.41, 5.74) is 4.39. The van der Waals surface area contributed by atoms with Crippen molar-refractivity contribution in [3.63, 3.8) is 0 Å². The summed E-state index contributed by atoms with van der Waals surface area (Å²) in [6.45, 7) is 6.18. The van der Waals surface area contributed by atoms with Crippen LogP contribution in [-0.4, -0.2) is 33.7 Å². The smallest absolute Gasteiger partial charge is 0.264 e. The highest BCUT2D eigenvalue weighted by Crippen LogP contribution is 2.25. The third-order valence-electron chi connectivity index (χ3n) is 4.88.